The van der Waals surface area contributed by atoms with Crippen molar-refractivity contribution in [2.45, 2.75) is 5.92 Å². The van der Waals surface area contributed by atoms with Crippen LogP contribution in [0.15, 0.2) is 65.7 Å². The zero-order valence-electron chi connectivity index (χ0n) is 12.2. The van der Waals surface area contributed by atoms with Gasteiger partial charge < -0.3 is 10.6 Å². The van der Waals surface area contributed by atoms with Gasteiger partial charge >= 0.3 is 0 Å². The molecule has 1 heterocycles. The second-order valence-corrected chi connectivity index (χ2v) is 5.27. The van der Waals surface area contributed by atoms with Crippen LogP contribution in [0.5, 0.6) is 0 Å². The van der Waals surface area contributed by atoms with Gasteiger partial charge in [0.25, 0.3) is 0 Å². The van der Waals surface area contributed by atoms with Crippen molar-refractivity contribution in [1.29, 1.82) is 0 Å². The summed E-state index contributed by atoms with van der Waals surface area (Å²) in [6.07, 6.45) is 0. The average molecular weight is 279 g/mol. The lowest BCUT2D eigenvalue weighted by atomic mass is 9.89. The molecule has 1 aliphatic heterocycles. The highest BCUT2D eigenvalue weighted by Gasteiger charge is 2.27. The smallest absolute Gasteiger partial charge is 0.111 e. The van der Waals surface area contributed by atoms with Gasteiger partial charge in [0, 0.05) is 19.6 Å². The number of aliphatic imine (C=N–C) groups is 1. The summed E-state index contributed by atoms with van der Waals surface area (Å²) >= 11 is 0. The maximum atomic E-state index is 5.75. The van der Waals surface area contributed by atoms with Crippen molar-refractivity contribution in [2.75, 3.05) is 26.2 Å². The topological polar surface area (TPSA) is 41.6 Å². The van der Waals surface area contributed by atoms with E-state index in [2.05, 4.69) is 65.6 Å². The van der Waals surface area contributed by atoms with Crippen LogP contribution < -0.4 is 5.73 Å². The Morgan fingerprint density at radius 2 is 1.52 bits per heavy atom. The lowest BCUT2D eigenvalue weighted by Gasteiger charge is -2.27. The van der Waals surface area contributed by atoms with Gasteiger partial charge in [0.15, 0.2) is 0 Å². The average Bonchev–Trinajstić information content (AvgIpc) is 2.98. The van der Waals surface area contributed by atoms with E-state index in [0.29, 0.717) is 6.54 Å². The van der Waals surface area contributed by atoms with Gasteiger partial charge in [0.2, 0.25) is 0 Å². The summed E-state index contributed by atoms with van der Waals surface area (Å²) in [4.78, 5) is 7.10. The van der Waals surface area contributed by atoms with Crippen molar-refractivity contribution in [3.63, 3.8) is 0 Å². The Balaban J connectivity index is 2.01. The van der Waals surface area contributed by atoms with Crippen LogP contribution in [0.4, 0.5) is 0 Å². The van der Waals surface area contributed by atoms with Crippen molar-refractivity contribution in [1.82, 2.24) is 4.90 Å². The van der Waals surface area contributed by atoms with E-state index in [0.717, 1.165) is 25.5 Å². The van der Waals surface area contributed by atoms with Crippen LogP contribution in [0.3, 0.4) is 0 Å². The second kappa shape index (κ2) is 6.55. The minimum atomic E-state index is 0.196. The SMILES string of the molecule is NCCN1CCN=C1C(c1ccccc1)c1ccccc1. The van der Waals surface area contributed by atoms with E-state index in [9.17, 15) is 0 Å². The normalized spacial score (nSPS) is 14.6. The molecule has 0 atom stereocenters. The minimum Gasteiger partial charge on any atom is -0.356 e. The molecular weight excluding hydrogens is 258 g/mol. The second-order valence-electron chi connectivity index (χ2n) is 5.27. The van der Waals surface area contributed by atoms with Gasteiger partial charge in [0.05, 0.1) is 12.5 Å². The quantitative estimate of drug-likeness (QED) is 0.913. The number of nitrogens with two attached hydrogens (primary N) is 1. The van der Waals surface area contributed by atoms with Gasteiger partial charge in [-0.2, -0.15) is 0 Å². The molecule has 2 aromatic rings. The molecule has 0 aromatic heterocycles. The number of rotatable bonds is 5. The van der Waals surface area contributed by atoms with Crippen molar-refractivity contribution < 1.29 is 0 Å². The third-order valence-electron chi connectivity index (χ3n) is 3.89. The molecule has 0 saturated heterocycles. The molecule has 0 aliphatic carbocycles. The van der Waals surface area contributed by atoms with E-state index in [4.69, 9.17) is 10.7 Å². The fraction of sp³-hybridized carbons (Fsp3) is 0.278. The summed E-state index contributed by atoms with van der Waals surface area (Å²) in [7, 11) is 0. The fourth-order valence-electron chi connectivity index (χ4n) is 2.94. The molecule has 0 spiro atoms. The minimum absolute atomic E-state index is 0.196. The molecule has 0 amide bonds. The van der Waals surface area contributed by atoms with Crippen molar-refractivity contribution in [2.24, 2.45) is 10.7 Å². The van der Waals surface area contributed by atoms with Gasteiger partial charge in [-0.3, -0.25) is 4.99 Å². The molecule has 3 rings (SSSR count). The van der Waals surface area contributed by atoms with Gasteiger partial charge in [-0.1, -0.05) is 60.7 Å². The third kappa shape index (κ3) is 2.98. The maximum Gasteiger partial charge on any atom is 0.111 e. The molecule has 3 heteroatoms. The van der Waals surface area contributed by atoms with Crippen LogP contribution in [0.1, 0.15) is 17.0 Å². The molecule has 108 valence electrons. The highest BCUT2D eigenvalue weighted by atomic mass is 15.2. The lowest BCUT2D eigenvalue weighted by Crippen LogP contribution is -2.36. The number of hydrogen-bond donors (Lipinski definition) is 1. The van der Waals surface area contributed by atoms with Crippen LogP contribution >= 0.6 is 0 Å². The summed E-state index contributed by atoms with van der Waals surface area (Å²) in [6, 6.07) is 21.2. The first-order chi connectivity index (χ1) is 10.4. The molecule has 21 heavy (non-hydrogen) atoms. The van der Waals surface area contributed by atoms with E-state index in [1.165, 1.54) is 11.1 Å². The first kappa shape index (κ1) is 13.8. The maximum absolute atomic E-state index is 5.75. The standard InChI is InChI=1S/C18H21N3/c19-11-13-21-14-12-20-18(21)17(15-7-3-1-4-8-15)16-9-5-2-6-10-16/h1-10,17H,11-14,19H2. The number of amidine groups is 1. The first-order valence-electron chi connectivity index (χ1n) is 7.49. The van der Waals surface area contributed by atoms with Crippen molar-refractivity contribution >= 4 is 5.84 Å². The number of benzene rings is 2. The molecule has 3 nitrogen and oxygen atoms in total. The molecule has 2 N–H and O–H groups in total. The Bertz CT molecular complexity index is 553. The Labute approximate surface area is 126 Å². The third-order valence-corrected chi connectivity index (χ3v) is 3.89. The van der Waals surface area contributed by atoms with Crippen LogP contribution in [-0.2, 0) is 0 Å². The largest absolute Gasteiger partial charge is 0.356 e. The summed E-state index contributed by atoms with van der Waals surface area (Å²) in [6.45, 7) is 3.37. The van der Waals surface area contributed by atoms with Crippen LogP contribution in [0, 0.1) is 0 Å². The van der Waals surface area contributed by atoms with E-state index in [1.807, 2.05) is 0 Å². The molecule has 0 fully saturated rings. The zero-order chi connectivity index (χ0) is 14.5. The fourth-order valence-corrected chi connectivity index (χ4v) is 2.94. The van der Waals surface area contributed by atoms with Crippen LogP contribution in [0.25, 0.3) is 0 Å². The Hall–Kier alpha value is -2.13. The molecule has 1 aliphatic rings. The summed E-state index contributed by atoms with van der Waals surface area (Å²) in [5.74, 6) is 1.35. The van der Waals surface area contributed by atoms with E-state index < -0.39 is 0 Å². The summed E-state index contributed by atoms with van der Waals surface area (Å²) in [5, 5.41) is 0. The van der Waals surface area contributed by atoms with Crippen molar-refractivity contribution in [3.8, 4) is 0 Å². The first-order valence-corrected chi connectivity index (χ1v) is 7.49. The van der Waals surface area contributed by atoms with E-state index in [1.54, 1.807) is 0 Å². The predicted octanol–water partition coefficient (Wildman–Crippen LogP) is 2.49. The molecule has 0 saturated carbocycles. The van der Waals surface area contributed by atoms with Gasteiger partial charge in [0.1, 0.15) is 5.84 Å². The summed E-state index contributed by atoms with van der Waals surface area (Å²) in [5.41, 5.74) is 8.32. The number of hydrogen-bond acceptors (Lipinski definition) is 3. The zero-order valence-corrected chi connectivity index (χ0v) is 12.2. The molecule has 2 aromatic carbocycles. The molecule has 0 unspecified atom stereocenters. The van der Waals surface area contributed by atoms with Crippen molar-refractivity contribution in [3.05, 3.63) is 71.8 Å². The Morgan fingerprint density at radius 1 is 0.952 bits per heavy atom. The van der Waals surface area contributed by atoms with Crippen LogP contribution in [-0.4, -0.2) is 36.9 Å². The van der Waals surface area contributed by atoms with E-state index in [-0.39, 0.29) is 5.92 Å². The summed E-state index contributed by atoms with van der Waals surface area (Å²) < 4.78 is 0. The molecule has 0 bridgehead atoms. The highest BCUT2D eigenvalue weighted by molar-refractivity contribution is 5.93. The number of nitrogens with zero attached hydrogens (tertiary/aromatic N) is 2. The Morgan fingerprint density at radius 3 is 2.05 bits per heavy atom. The molecule has 0 radical (unpaired) electrons. The van der Waals surface area contributed by atoms with Gasteiger partial charge in [-0.25, -0.2) is 0 Å². The Kier molecular flexibility index (Phi) is 4.31. The molecular formula is C18H21N3. The van der Waals surface area contributed by atoms with Crippen LogP contribution in [0.2, 0.25) is 0 Å². The lowest BCUT2D eigenvalue weighted by molar-refractivity contribution is 0.457. The van der Waals surface area contributed by atoms with E-state index >= 15 is 0 Å². The highest BCUT2D eigenvalue weighted by Crippen LogP contribution is 2.29. The van der Waals surface area contributed by atoms with Gasteiger partial charge in [-0.15, -0.1) is 0 Å². The predicted molar refractivity (Wildman–Crippen MR) is 87.7 cm³/mol. The van der Waals surface area contributed by atoms with Gasteiger partial charge in [-0.05, 0) is 11.1 Å². The monoisotopic (exact) mass is 279 g/mol.